The molecule has 0 spiro atoms. The Bertz CT molecular complexity index is 457. The summed E-state index contributed by atoms with van der Waals surface area (Å²) >= 11 is 0. The van der Waals surface area contributed by atoms with Crippen LogP contribution in [0.2, 0.25) is 0 Å². The summed E-state index contributed by atoms with van der Waals surface area (Å²) in [7, 11) is 0. The minimum absolute atomic E-state index is 0.0582. The lowest BCUT2D eigenvalue weighted by molar-refractivity contribution is 0.0718. The average Bonchev–Trinajstić information content (AvgIpc) is 3.03. The summed E-state index contributed by atoms with van der Waals surface area (Å²) in [5.41, 5.74) is 1.02. The van der Waals surface area contributed by atoms with E-state index in [2.05, 4.69) is 6.58 Å². The van der Waals surface area contributed by atoms with Crippen molar-refractivity contribution >= 4 is 0 Å². The van der Waals surface area contributed by atoms with E-state index in [1.807, 2.05) is 24.3 Å². The third-order valence-corrected chi connectivity index (χ3v) is 3.65. The van der Waals surface area contributed by atoms with Gasteiger partial charge in [-0.1, -0.05) is 12.1 Å². The summed E-state index contributed by atoms with van der Waals surface area (Å²) in [4.78, 5) is 0. The minimum atomic E-state index is -0.104. The molecule has 0 aliphatic carbocycles. The maximum atomic E-state index is 9.51. The Morgan fingerprint density at radius 3 is 2.94 bits per heavy atom. The van der Waals surface area contributed by atoms with E-state index in [0.29, 0.717) is 6.61 Å². The molecular formula is C14H16O4. The van der Waals surface area contributed by atoms with Crippen LogP contribution in [0.5, 0.6) is 11.5 Å². The summed E-state index contributed by atoms with van der Waals surface area (Å²) in [5, 5.41) is 9.51. The lowest BCUT2D eigenvalue weighted by Crippen LogP contribution is -2.17. The van der Waals surface area contributed by atoms with Crippen molar-refractivity contribution in [2.24, 2.45) is 11.8 Å². The first-order chi connectivity index (χ1) is 8.83. The zero-order chi connectivity index (χ0) is 12.5. The van der Waals surface area contributed by atoms with Gasteiger partial charge in [0.15, 0.2) is 11.5 Å². The molecule has 1 fully saturated rings. The fraction of sp³-hybridized carbons (Fsp3) is 0.429. The molecule has 2 heterocycles. The standard InChI is InChI=1S/C14H16O4/c1-2-9-7-16-14(11(9)6-15)10-3-4-12-13(5-10)18-8-17-12/h2-5,9,11,14-15H,1,6-8H2/t9-,11-,14+/m1/s1. The molecule has 2 aliphatic rings. The SMILES string of the molecule is C=C[C@@H]1CO[C@@H](c2ccc3c(c2)OCO3)[C@@H]1CO. The number of fused-ring (bicyclic) bond motifs is 1. The predicted octanol–water partition coefficient (Wildman–Crippen LogP) is 1.90. The monoisotopic (exact) mass is 248 g/mol. The number of ether oxygens (including phenoxy) is 3. The van der Waals surface area contributed by atoms with E-state index < -0.39 is 0 Å². The highest BCUT2D eigenvalue weighted by Gasteiger charge is 2.36. The molecule has 0 amide bonds. The largest absolute Gasteiger partial charge is 0.454 e. The Hall–Kier alpha value is -1.52. The molecule has 96 valence electrons. The second kappa shape index (κ2) is 4.63. The molecule has 18 heavy (non-hydrogen) atoms. The maximum Gasteiger partial charge on any atom is 0.231 e. The van der Waals surface area contributed by atoms with Gasteiger partial charge in [-0.2, -0.15) is 0 Å². The van der Waals surface area contributed by atoms with Crippen molar-refractivity contribution in [1.29, 1.82) is 0 Å². The van der Waals surface area contributed by atoms with E-state index in [0.717, 1.165) is 17.1 Å². The fourth-order valence-corrected chi connectivity index (χ4v) is 2.59. The van der Waals surface area contributed by atoms with Crippen molar-refractivity contribution in [2.75, 3.05) is 20.0 Å². The molecule has 3 atom stereocenters. The van der Waals surface area contributed by atoms with Crippen LogP contribution in [-0.4, -0.2) is 25.1 Å². The molecular weight excluding hydrogens is 232 g/mol. The van der Waals surface area contributed by atoms with Gasteiger partial charge in [0, 0.05) is 18.4 Å². The van der Waals surface area contributed by atoms with Crippen molar-refractivity contribution < 1.29 is 19.3 Å². The molecule has 0 aromatic heterocycles. The maximum absolute atomic E-state index is 9.51. The van der Waals surface area contributed by atoms with Crippen LogP contribution < -0.4 is 9.47 Å². The van der Waals surface area contributed by atoms with E-state index in [1.54, 1.807) is 0 Å². The molecule has 3 rings (SSSR count). The number of aliphatic hydroxyl groups is 1. The number of hydrogen-bond acceptors (Lipinski definition) is 4. The van der Waals surface area contributed by atoms with Gasteiger partial charge in [-0.25, -0.2) is 0 Å². The van der Waals surface area contributed by atoms with Gasteiger partial charge in [0.2, 0.25) is 6.79 Å². The quantitative estimate of drug-likeness (QED) is 0.830. The number of aliphatic hydroxyl groups excluding tert-OH is 1. The third kappa shape index (κ3) is 1.78. The molecule has 4 heteroatoms. The van der Waals surface area contributed by atoms with E-state index in [9.17, 15) is 5.11 Å². The summed E-state index contributed by atoms with van der Waals surface area (Å²) in [5.74, 6) is 1.76. The lowest BCUT2D eigenvalue weighted by atomic mass is 9.88. The highest BCUT2D eigenvalue weighted by molar-refractivity contribution is 5.45. The molecule has 0 saturated carbocycles. The molecule has 1 saturated heterocycles. The van der Waals surface area contributed by atoms with E-state index in [-0.39, 0.29) is 31.3 Å². The zero-order valence-electron chi connectivity index (χ0n) is 10.0. The van der Waals surface area contributed by atoms with Crippen LogP contribution in [0.1, 0.15) is 11.7 Å². The third-order valence-electron chi connectivity index (χ3n) is 3.65. The average molecular weight is 248 g/mol. The molecule has 0 unspecified atom stereocenters. The predicted molar refractivity (Wildman–Crippen MR) is 65.5 cm³/mol. The summed E-state index contributed by atoms with van der Waals surface area (Å²) in [6.07, 6.45) is 1.75. The molecule has 0 radical (unpaired) electrons. The van der Waals surface area contributed by atoms with Crippen LogP contribution in [0, 0.1) is 11.8 Å². The first kappa shape index (κ1) is 11.6. The minimum Gasteiger partial charge on any atom is -0.454 e. The van der Waals surface area contributed by atoms with Crippen molar-refractivity contribution in [3.05, 3.63) is 36.4 Å². The topological polar surface area (TPSA) is 47.9 Å². The van der Waals surface area contributed by atoms with Crippen molar-refractivity contribution in [3.8, 4) is 11.5 Å². The Labute approximate surface area is 106 Å². The summed E-state index contributed by atoms with van der Waals surface area (Å²) in [6.45, 7) is 4.76. The number of benzene rings is 1. The van der Waals surface area contributed by atoms with Gasteiger partial charge in [0.25, 0.3) is 0 Å². The van der Waals surface area contributed by atoms with Gasteiger partial charge in [-0.15, -0.1) is 6.58 Å². The molecule has 1 aromatic carbocycles. The van der Waals surface area contributed by atoms with E-state index in [4.69, 9.17) is 14.2 Å². The van der Waals surface area contributed by atoms with Crippen LogP contribution in [0.15, 0.2) is 30.9 Å². The Morgan fingerprint density at radius 1 is 1.33 bits per heavy atom. The number of rotatable bonds is 3. The Kier molecular flexibility index (Phi) is 2.97. The molecule has 2 aliphatic heterocycles. The summed E-state index contributed by atoms with van der Waals surface area (Å²) < 4.78 is 16.4. The van der Waals surface area contributed by atoms with E-state index in [1.165, 1.54) is 0 Å². The molecule has 4 nitrogen and oxygen atoms in total. The normalized spacial score (nSPS) is 29.5. The lowest BCUT2D eigenvalue weighted by Gasteiger charge is -2.19. The first-order valence-electron chi connectivity index (χ1n) is 6.08. The molecule has 0 bridgehead atoms. The first-order valence-corrected chi connectivity index (χ1v) is 6.08. The van der Waals surface area contributed by atoms with Crippen LogP contribution in [0.3, 0.4) is 0 Å². The highest BCUT2D eigenvalue weighted by atomic mass is 16.7. The van der Waals surface area contributed by atoms with Gasteiger partial charge >= 0.3 is 0 Å². The Morgan fingerprint density at radius 2 is 2.17 bits per heavy atom. The van der Waals surface area contributed by atoms with Crippen LogP contribution in [-0.2, 0) is 4.74 Å². The van der Waals surface area contributed by atoms with Crippen LogP contribution >= 0.6 is 0 Å². The molecule has 1 N–H and O–H groups in total. The van der Waals surface area contributed by atoms with E-state index >= 15 is 0 Å². The second-order valence-corrected chi connectivity index (χ2v) is 4.61. The van der Waals surface area contributed by atoms with Crippen LogP contribution in [0.25, 0.3) is 0 Å². The van der Waals surface area contributed by atoms with Gasteiger partial charge < -0.3 is 19.3 Å². The van der Waals surface area contributed by atoms with Crippen LogP contribution in [0.4, 0.5) is 0 Å². The summed E-state index contributed by atoms with van der Waals surface area (Å²) in [6, 6.07) is 5.78. The highest BCUT2D eigenvalue weighted by Crippen LogP contribution is 2.42. The van der Waals surface area contributed by atoms with Crippen molar-refractivity contribution in [2.45, 2.75) is 6.10 Å². The van der Waals surface area contributed by atoms with Crippen molar-refractivity contribution in [1.82, 2.24) is 0 Å². The van der Waals surface area contributed by atoms with Crippen molar-refractivity contribution in [3.63, 3.8) is 0 Å². The Balaban J connectivity index is 1.88. The number of hydrogen-bond donors (Lipinski definition) is 1. The second-order valence-electron chi connectivity index (χ2n) is 4.61. The fourth-order valence-electron chi connectivity index (χ4n) is 2.59. The van der Waals surface area contributed by atoms with Gasteiger partial charge in [-0.3, -0.25) is 0 Å². The van der Waals surface area contributed by atoms with Gasteiger partial charge in [-0.05, 0) is 17.7 Å². The zero-order valence-corrected chi connectivity index (χ0v) is 10.0. The van der Waals surface area contributed by atoms with Gasteiger partial charge in [0.05, 0.1) is 12.7 Å². The molecule has 1 aromatic rings. The van der Waals surface area contributed by atoms with Gasteiger partial charge in [0.1, 0.15) is 0 Å². The smallest absolute Gasteiger partial charge is 0.231 e.